The number of benzene rings is 2. The van der Waals surface area contributed by atoms with Crippen LogP contribution in [0, 0.1) is 6.92 Å². The van der Waals surface area contributed by atoms with Gasteiger partial charge in [0.25, 0.3) is 10.1 Å². The summed E-state index contributed by atoms with van der Waals surface area (Å²) >= 11 is 0. The molecule has 94 valence electrons. The van der Waals surface area contributed by atoms with Crippen molar-refractivity contribution < 1.29 is 13.0 Å². The van der Waals surface area contributed by atoms with Gasteiger partial charge in [0, 0.05) is 11.3 Å². The first-order valence-electron chi connectivity index (χ1n) is 5.32. The molecule has 0 unspecified atom stereocenters. The summed E-state index contributed by atoms with van der Waals surface area (Å²) in [7, 11) is -4.29. The summed E-state index contributed by atoms with van der Waals surface area (Å²) < 4.78 is 31.9. The molecule has 4 nitrogen and oxygen atoms in total. The van der Waals surface area contributed by atoms with E-state index in [4.69, 9.17) is 5.73 Å². The lowest BCUT2D eigenvalue weighted by Gasteiger charge is -2.08. The molecule has 0 fully saturated rings. The third-order valence-corrected chi connectivity index (χ3v) is 3.54. The molecular formula is C13H13NO3S. The summed E-state index contributed by atoms with van der Waals surface area (Å²) in [6, 6.07) is 11.8. The lowest BCUT2D eigenvalue weighted by atomic mass is 10.0. The molecule has 0 saturated heterocycles. The van der Waals surface area contributed by atoms with Crippen LogP contribution in [0.15, 0.2) is 47.4 Å². The summed E-state index contributed by atoms with van der Waals surface area (Å²) in [5.41, 5.74) is 8.07. The predicted molar refractivity (Wildman–Crippen MR) is 70.8 cm³/mol. The minimum atomic E-state index is -4.29. The third-order valence-electron chi connectivity index (χ3n) is 2.65. The van der Waals surface area contributed by atoms with E-state index in [0.29, 0.717) is 16.8 Å². The highest BCUT2D eigenvalue weighted by Crippen LogP contribution is 2.29. The van der Waals surface area contributed by atoms with Crippen LogP contribution in [0.25, 0.3) is 11.1 Å². The first kappa shape index (κ1) is 12.6. The Kier molecular flexibility index (Phi) is 3.11. The molecule has 2 aromatic carbocycles. The van der Waals surface area contributed by atoms with Gasteiger partial charge in [0.05, 0.1) is 0 Å². The van der Waals surface area contributed by atoms with E-state index in [1.54, 1.807) is 24.3 Å². The lowest BCUT2D eigenvalue weighted by molar-refractivity contribution is 0.483. The van der Waals surface area contributed by atoms with Crippen molar-refractivity contribution in [2.24, 2.45) is 0 Å². The largest absolute Gasteiger partial charge is 0.399 e. The van der Waals surface area contributed by atoms with Gasteiger partial charge in [-0.2, -0.15) is 8.42 Å². The highest BCUT2D eigenvalue weighted by atomic mass is 32.2. The van der Waals surface area contributed by atoms with Crippen molar-refractivity contribution in [3.8, 4) is 11.1 Å². The molecule has 5 heteroatoms. The molecule has 0 radical (unpaired) electrons. The number of aryl methyl sites for hydroxylation is 1. The van der Waals surface area contributed by atoms with Crippen LogP contribution in [-0.4, -0.2) is 13.0 Å². The smallest absolute Gasteiger partial charge is 0.295 e. The second-order valence-corrected chi connectivity index (χ2v) is 5.49. The maximum absolute atomic E-state index is 11.3. The fourth-order valence-corrected chi connectivity index (χ4v) is 2.47. The quantitative estimate of drug-likeness (QED) is 0.644. The van der Waals surface area contributed by atoms with Crippen molar-refractivity contribution in [2.45, 2.75) is 11.8 Å². The molecule has 0 heterocycles. The fourth-order valence-electron chi connectivity index (χ4n) is 1.72. The second kappa shape index (κ2) is 4.44. The van der Waals surface area contributed by atoms with E-state index in [0.717, 1.165) is 5.56 Å². The summed E-state index contributed by atoms with van der Waals surface area (Å²) in [6.07, 6.45) is 0. The Hall–Kier alpha value is -1.85. The average Bonchev–Trinajstić information content (AvgIpc) is 2.29. The van der Waals surface area contributed by atoms with E-state index in [1.807, 2.05) is 19.1 Å². The molecule has 18 heavy (non-hydrogen) atoms. The molecule has 0 aliphatic carbocycles. The van der Waals surface area contributed by atoms with Crippen LogP contribution in [0.2, 0.25) is 0 Å². The van der Waals surface area contributed by atoms with Gasteiger partial charge in [0.2, 0.25) is 0 Å². The number of hydrogen-bond donors (Lipinski definition) is 2. The molecule has 2 rings (SSSR count). The van der Waals surface area contributed by atoms with Gasteiger partial charge in [-0.15, -0.1) is 0 Å². The van der Waals surface area contributed by atoms with Crippen molar-refractivity contribution in [1.29, 1.82) is 0 Å². The molecule has 0 aliphatic heterocycles. The van der Waals surface area contributed by atoms with Crippen LogP contribution in [0.5, 0.6) is 0 Å². The van der Waals surface area contributed by atoms with Crippen molar-refractivity contribution >= 4 is 15.8 Å². The average molecular weight is 263 g/mol. The zero-order valence-corrected chi connectivity index (χ0v) is 10.6. The zero-order valence-electron chi connectivity index (χ0n) is 9.79. The summed E-state index contributed by atoms with van der Waals surface area (Å²) in [5, 5.41) is 0. The Morgan fingerprint density at radius 3 is 2.22 bits per heavy atom. The van der Waals surface area contributed by atoms with Gasteiger partial charge in [-0.05, 0) is 24.6 Å². The Morgan fingerprint density at radius 1 is 1.06 bits per heavy atom. The number of nitrogens with two attached hydrogens (primary N) is 1. The van der Waals surface area contributed by atoms with Crippen LogP contribution >= 0.6 is 0 Å². The molecule has 0 bridgehead atoms. The molecule has 0 atom stereocenters. The first-order valence-corrected chi connectivity index (χ1v) is 6.76. The molecule has 2 aromatic rings. The third kappa shape index (κ3) is 2.52. The highest BCUT2D eigenvalue weighted by Gasteiger charge is 2.16. The number of anilines is 1. The number of hydrogen-bond acceptors (Lipinski definition) is 3. The molecular weight excluding hydrogens is 250 g/mol. The maximum Gasteiger partial charge on any atom is 0.295 e. The van der Waals surface area contributed by atoms with Gasteiger partial charge in [-0.25, -0.2) is 0 Å². The van der Waals surface area contributed by atoms with Crippen LogP contribution in [0.4, 0.5) is 5.69 Å². The Morgan fingerprint density at radius 2 is 1.67 bits per heavy atom. The Labute approximate surface area is 106 Å². The Bertz CT molecular complexity index is 676. The van der Waals surface area contributed by atoms with Crippen LogP contribution in [-0.2, 0) is 10.1 Å². The minimum absolute atomic E-state index is 0.175. The van der Waals surface area contributed by atoms with Crippen molar-refractivity contribution in [2.75, 3.05) is 5.73 Å². The summed E-state index contributed by atoms with van der Waals surface area (Å²) in [5.74, 6) is 0. The maximum atomic E-state index is 11.3. The fraction of sp³-hybridized carbons (Fsp3) is 0.0769. The van der Waals surface area contributed by atoms with Gasteiger partial charge in [-0.3, -0.25) is 4.55 Å². The standard InChI is InChI=1S/C13H13NO3S/c1-9-2-4-10(5-3-9)12-7-6-11(14)8-13(12)18(15,16)17/h2-8H,14H2,1H3,(H,15,16,17). The molecule has 0 saturated carbocycles. The second-order valence-electron chi connectivity index (χ2n) is 4.10. The van der Waals surface area contributed by atoms with Crippen LogP contribution < -0.4 is 5.73 Å². The van der Waals surface area contributed by atoms with Gasteiger partial charge < -0.3 is 5.73 Å². The van der Waals surface area contributed by atoms with Gasteiger partial charge in [-0.1, -0.05) is 35.9 Å². The molecule has 0 spiro atoms. The van der Waals surface area contributed by atoms with Gasteiger partial charge in [0.15, 0.2) is 0 Å². The monoisotopic (exact) mass is 263 g/mol. The Balaban J connectivity index is 2.68. The molecule has 0 aliphatic rings. The van der Waals surface area contributed by atoms with Gasteiger partial charge in [0.1, 0.15) is 4.90 Å². The lowest BCUT2D eigenvalue weighted by Crippen LogP contribution is -2.02. The minimum Gasteiger partial charge on any atom is -0.399 e. The van der Waals surface area contributed by atoms with E-state index in [2.05, 4.69) is 0 Å². The predicted octanol–water partition coefficient (Wildman–Crippen LogP) is 2.49. The first-order chi connectivity index (χ1) is 8.38. The highest BCUT2D eigenvalue weighted by molar-refractivity contribution is 7.86. The van der Waals surface area contributed by atoms with Crippen LogP contribution in [0.3, 0.4) is 0 Å². The van der Waals surface area contributed by atoms with Crippen molar-refractivity contribution in [3.05, 3.63) is 48.0 Å². The van der Waals surface area contributed by atoms with Crippen molar-refractivity contribution in [1.82, 2.24) is 0 Å². The molecule has 0 amide bonds. The van der Waals surface area contributed by atoms with E-state index < -0.39 is 10.1 Å². The normalized spacial score (nSPS) is 11.4. The van der Waals surface area contributed by atoms with Crippen molar-refractivity contribution in [3.63, 3.8) is 0 Å². The molecule has 0 aromatic heterocycles. The zero-order chi connectivity index (χ0) is 13.3. The van der Waals surface area contributed by atoms with E-state index in [1.165, 1.54) is 6.07 Å². The van der Waals surface area contributed by atoms with E-state index in [-0.39, 0.29) is 4.90 Å². The van der Waals surface area contributed by atoms with E-state index in [9.17, 15) is 13.0 Å². The van der Waals surface area contributed by atoms with E-state index >= 15 is 0 Å². The summed E-state index contributed by atoms with van der Waals surface area (Å²) in [4.78, 5) is -0.175. The summed E-state index contributed by atoms with van der Waals surface area (Å²) in [6.45, 7) is 1.94. The van der Waals surface area contributed by atoms with Gasteiger partial charge >= 0.3 is 0 Å². The van der Waals surface area contributed by atoms with Crippen LogP contribution in [0.1, 0.15) is 5.56 Å². The topological polar surface area (TPSA) is 80.4 Å². The number of rotatable bonds is 2. The number of nitrogen functional groups attached to an aromatic ring is 1. The molecule has 3 N–H and O–H groups in total. The SMILES string of the molecule is Cc1ccc(-c2ccc(N)cc2S(=O)(=O)O)cc1.